The van der Waals surface area contributed by atoms with Crippen LogP contribution >= 0.6 is 15.9 Å². The second-order valence-electron chi connectivity index (χ2n) is 8.07. The van der Waals surface area contributed by atoms with E-state index in [9.17, 15) is 18.0 Å². The zero-order valence-corrected chi connectivity index (χ0v) is 20.3. The number of aryl methyl sites for hydroxylation is 1. The van der Waals surface area contributed by atoms with Crippen LogP contribution < -0.4 is 11.0 Å². The number of methoxy groups -OCH3 is 1. The Morgan fingerprint density at radius 3 is 2.76 bits per heavy atom. The average Bonchev–Trinajstić information content (AvgIpc) is 3.52. The second-order valence-corrected chi connectivity index (χ2v) is 10.7. The largest absolute Gasteiger partial charge is 0.453 e. The first-order valence-electron chi connectivity index (χ1n) is 11.9. The fourth-order valence-corrected chi connectivity index (χ4v) is 6.63. The highest BCUT2D eigenvalue weighted by Crippen LogP contribution is 2.37. The lowest BCUT2D eigenvalue weighted by atomic mass is 10.2. The Hall–Kier alpha value is -3.12. The number of imidazole rings is 1. The Bertz CT molecular complexity index is 1700. The Labute approximate surface area is 207 Å². The molecule has 1 fully saturated rings. The SMILES string of the molecule is [2H]C([2H])([2H])n1c(=O)n([C@@H]2CC[C@@H](NC(=O)OC)C2)c2c3c(Br)cn(S(=O)(=O)c4ccccc4)c3ncc21. The summed E-state index contributed by atoms with van der Waals surface area (Å²) in [5.41, 5.74) is -0.415. The van der Waals surface area contributed by atoms with E-state index in [1.165, 1.54) is 36.2 Å². The summed E-state index contributed by atoms with van der Waals surface area (Å²) in [4.78, 5) is 29.6. The minimum atomic E-state index is -4.04. The van der Waals surface area contributed by atoms with Crippen LogP contribution in [0.1, 0.15) is 29.4 Å². The lowest BCUT2D eigenvalue weighted by Gasteiger charge is -2.14. The molecule has 0 unspecified atom stereocenters. The van der Waals surface area contributed by atoms with Crippen molar-refractivity contribution in [3.05, 3.63) is 57.7 Å². The highest BCUT2D eigenvalue weighted by Gasteiger charge is 2.32. The number of hydrogen-bond acceptors (Lipinski definition) is 6. The standard InChI is InChI=1S/C22H22BrN5O5S/c1-26-17-11-24-20-18(16(23)12-27(20)34(31,32)15-6-4-3-5-7-15)19(17)28(22(26)30)14-9-8-13(10-14)25-21(29)33-2/h3-7,11-14H,8-10H2,1-2H3,(H,25,29)/t13-,14-/m1/s1/i1D3. The monoisotopic (exact) mass is 550 g/mol. The quantitative estimate of drug-likeness (QED) is 0.417. The molecule has 0 aliphatic heterocycles. The van der Waals surface area contributed by atoms with Crippen molar-refractivity contribution in [2.24, 2.45) is 6.98 Å². The van der Waals surface area contributed by atoms with Crippen molar-refractivity contribution in [3.8, 4) is 0 Å². The third-order valence-electron chi connectivity index (χ3n) is 6.15. The molecule has 0 spiro atoms. The predicted molar refractivity (Wildman–Crippen MR) is 129 cm³/mol. The molecule has 0 radical (unpaired) electrons. The zero-order chi connectivity index (χ0) is 26.7. The van der Waals surface area contributed by atoms with E-state index in [4.69, 9.17) is 4.11 Å². The van der Waals surface area contributed by atoms with Crippen LogP contribution in [0, 0.1) is 0 Å². The summed E-state index contributed by atoms with van der Waals surface area (Å²) >= 11 is 3.42. The average molecular weight is 551 g/mol. The van der Waals surface area contributed by atoms with Gasteiger partial charge in [0.2, 0.25) is 0 Å². The second kappa shape index (κ2) is 8.27. The zero-order valence-electron chi connectivity index (χ0n) is 20.9. The highest BCUT2D eigenvalue weighted by molar-refractivity contribution is 9.10. The molecule has 34 heavy (non-hydrogen) atoms. The molecule has 2 atom stereocenters. The van der Waals surface area contributed by atoms with Crippen LogP contribution in [0.2, 0.25) is 0 Å². The number of halogens is 1. The number of carbonyl (C=O) groups excluding carboxylic acids is 1. The maximum Gasteiger partial charge on any atom is 0.407 e. The van der Waals surface area contributed by atoms with Gasteiger partial charge in [-0.05, 0) is 47.3 Å². The number of nitrogens with zero attached hydrogens (tertiary/aromatic N) is 4. The summed E-state index contributed by atoms with van der Waals surface area (Å²) in [5.74, 6) is 0. The lowest BCUT2D eigenvalue weighted by molar-refractivity contribution is 0.166. The van der Waals surface area contributed by atoms with Crippen molar-refractivity contribution in [2.75, 3.05) is 7.11 Å². The van der Waals surface area contributed by atoms with E-state index in [0.717, 1.165) is 3.97 Å². The van der Waals surface area contributed by atoms with Gasteiger partial charge in [0.15, 0.2) is 5.65 Å². The number of pyridine rings is 1. The Morgan fingerprint density at radius 2 is 2.06 bits per heavy atom. The van der Waals surface area contributed by atoms with Gasteiger partial charge in [-0.3, -0.25) is 9.13 Å². The number of ether oxygens (including phenoxy) is 1. The number of carbonyl (C=O) groups is 1. The van der Waals surface area contributed by atoms with Gasteiger partial charge in [0, 0.05) is 33.8 Å². The number of benzene rings is 1. The Kier molecular flexibility index (Phi) is 4.68. The number of nitrogens with one attached hydrogen (secondary N) is 1. The molecule has 3 aromatic heterocycles. The number of hydrogen-bond donors (Lipinski definition) is 1. The van der Waals surface area contributed by atoms with E-state index in [0.29, 0.717) is 33.7 Å². The maximum absolute atomic E-state index is 13.6. The normalized spacial score (nSPS) is 20.2. The molecule has 1 saturated carbocycles. The summed E-state index contributed by atoms with van der Waals surface area (Å²) in [7, 11) is -2.79. The third-order valence-corrected chi connectivity index (χ3v) is 8.41. The molecule has 1 aliphatic rings. The number of alkyl carbamates (subject to hydrolysis) is 1. The first kappa shape index (κ1) is 19.2. The Morgan fingerprint density at radius 1 is 1.29 bits per heavy atom. The van der Waals surface area contributed by atoms with Gasteiger partial charge < -0.3 is 10.1 Å². The van der Waals surface area contributed by atoms with Crippen LogP contribution in [0.4, 0.5) is 4.79 Å². The van der Waals surface area contributed by atoms with Crippen molar-refractivity contribution < 1.29 is 22.1 Å². The van der Waals surface area contributed by atoms with Gasteiger partial charge in [-0.15, -0.1) is 0 Å². The van der Waals surface area contributed by atoms with Crippen LogP contribution in [-0.4, -0.2) is 45.8 Å². The smallest absolute Gasteiger partial charge is 0.407 e. The molecule has 12 heteroatoms. The summed E-state index contributed by atoms with van der Waals surface area (Å²) in [6.07, 6.45) is 3.35. The van der Waals surface area contributed by atoms with Crippen LogP contribution in [-0.2, 0) is 21.7 Å². The molecular formula is C22H22BrN5O5S. The van der Waals surface area contributed by atoms with Gasteiger partial charge in [-0.1, -0.05) is 18.2 Å². The van der Waals surface area contributed by atoms with Crippen molar-refractivity contribution in [2.45, 2.75) is 36.2 Å². The van der Waals surface area contributed by atoms with Crippen LogP contribution in [0.3, 0.4) is 0 Å². The molecule has 1 amide bonds. The first-order valence-corrected chi connectivity index (χ1v) is 12.7. The first-order chi connectivity index (χ1) is 17.4. The molecule has 1 aliphatic carbocycles. The van der Waals surface area contributed by atoms with Gasteiger partial charge in [0.1, 0.15) is 0 Å². The van der Waals surface area contributed by atoms with Crippen molar-refractivity contribution >= 4 is 54.1 Å². The van der Waals surface area contributed by atoms with E-state index in [2.05, 4.69) is 31.0 Å². The van der Waals surface area contributed by atoms with Gasteiger partial charge in [0.25, 0.3) is 10.0 Å². The molecule has 1 N–H and O–H groups in total. The number of rotatable bonds is 4. The molecule has 0 saturated heterocycles. The van der Waals surface area contributed by atoms with E-state index in [-0.39, 0.29) is 27.6 Å². The number of fused-ring (bicyclic) bond motifs is 3. The summed E-state index contributed by atoms with van der Waals surface area (Å²) in [6.45, 7) is -2.80. The van der Waals surface area contributed by atoms with E-state index < -0.39 is 34.8 Å². The molecular weight excluding hydrogens is 526 g/mol. The minimum absolute atomic E-state index is 0.0434. The van der Waals surface area contributed by atoms with E-state index in [1.54, 1.807) is 18.2 Å². The van der Waals surface area contributed by atoms with Gasteiger partial charge in [-0.25, -0.2) is 27.0 Å². The molecule has 178 valence electrons. The Balaban J connectivity index is 1.77. The molecule has 4 aromatic rings. The fourth-order valence-electron chi connectivity index (χ4n) is 4.59. The number of amides is 1. The third kappa shape index (κ3) is 3.43. The highest BCUT2D eigenvalue weighted by atomic mass is 79.9. The molecule has 5 rings (SSSR count). The van der Waals surface area contributed by atoms with Gasteiger partial charge in [-0.2, -0.15) is 0 Å². The molecule has 1 aromatic carbocycles. The maximum atomic E-state index is 13.6. The predicted octanol–water partition coefficient (Wildman–Crippen LogP) is 3.14. The van der Waals surface area contributed by atoms with E-state index in [1.807, 2.05) is 0 Å². The van der Waals surface area contributed by atoms with Gasteiger partial charge >= 0.3 is 11.8 Å². The summed E-state index contributed by atoms with van der Waals surface area (Å²) < 4.78 is 58.9. The molecule has 10 nitrogen and oxygen atoms in total. The van der Waals surface area contributed by atoms with Crippen LogP contribution in [0.25, 0.3) is 22.1 Å². The fraction of sp³-hybridized carbons (Fsp3) is 0.318. The van der Waals surface area contributed by atoms with Crippen LogP contribution in [0.5, 0.6) is 0 Å². The summed E-state index contributed by atoms with van der Waals surface area (Å²) in [6, 6.07) is 7.10. The number of aromatic nitrogens is 4. The van der Waals surface area contributed by atoms with E-state index >= 15 is 0 Å². The minimum Gasteiger partial charge on any atom is -0.453 e. The topological polar surface area (TPSA) is 117 Å². The lowest BCUT2D eigenvalue weighted by Crippen LogP contribution is -2.33. The van der Waals surface area contributed by atoms with Crippen molar-refractivity contribution in [1.29, 1.82) is 0 Å². The van der Waals surface area contributed by atoms with Crippen molar-refractivity contribution in [3.63, 3.8) is 0 Å². The summed E-state index contributed by atoms with van der Waals surface area (Å²) in [5, 5.41) is 3.02. The molecule has 0 bridgehead atoms. The van der Waals surface area contributed by atoms with Gasteiger partial charge in [0.05, 0.1) is 34.6 Å². The molecule has 3 heterocycles. The van der Waals surface area contributed by atoms with Crippen LogP contribution in [0.15, 0.2) is 56.9 Å². The van der Waals surface area contributed by atoms with Crippen molar-refractivity contribution in [1.82, 2.24) is 23.4 Å².